The number of nitrogens with zero attached hydrogens (tertiary/aromatic N) is 1. The van der Waals surface area contributed by atoms with Crippen molar-refractivity contribution in [3.63, 3.8) is 0 Å². The highest BCUT2D eigenvalue weighted by Gasteiger charge is 2.10. The zero-order valence-corrected chi connectivity index (χ0v) is 15.9. The molecule has 0 amide bonds. The predicted molar refractivity (Wildman–Crippen MR) is 110 cm³/mol. The van der Waals surface area contributed by atoms with Crippen LogP contribution in [0.25, 0.3) is 22.3 Å². The molecule has 0 bridgehead atoms. The summed E-state index contributed by atoms with van der Waals surface area (Å²) in [6, 6.07) is 20.0. The Morgan fingerprint density at radius 1 is 1.04 bits per heavy atom. The van der Waals surface area contributed by atoms with Gasteiger partial charge in [0.25, 0.3) is 5.56 Å². The van der Waals surface area contributed by atoms with Gasteiger partial charge in [-0.25, -0.2) is 4.98 Å². The number of ether oxygens (including phenoxy) is 2. The van der Waals surface area contributed by atoms with Crippen LogP contribution in [0.15, 0.2) is 71.5 Å². The number of methoxy groups -OCH3 is 1. The smallest absolute Gasteiger partial charge is 0.259 e. The number of hydrogen-bond donors (Lipinski definition) is 1. The van der Waals surface area contributed by atoms with Crippen molar-refractivity contribution in [2.45, 2.75) is 6.61 Å². The molecule has 0 unspecified atom stereocenters. The fourth-order valence-electron chi connectivity index (χ4n) is 2.95. The molecule has 3 aromatic carbocycles. The monoisotopic (exact) mass is 392 g/mol. The van der Waals surface area contributed by atoms with Crippen molar-refractivity contribution in [2.75, 3.05) is 7.11 Å². The van der Waals surface area contributed by atoms with E-state index in [2.05, 4.69) is 9.97 Å². The summed E-state index contributed by atoms with van der Waals surface area (Å²) >= 11 is 5.91. The van der Waals surface area contributed by atoms with E-state index in [-0.39, 0.29) is 5.56 Å². The molecule has 4 aromatic rings. The van der Waals surface area contributed by atoms with Crippen LogP contribution in [0.2, 0.25) is 5.02 Å². The molecule has 0 aliphatic carbocycles. The van der Waals surface area contributed by atoms with Crippen LogP contribution in [0.5, 0.6) is 11.5 Å². The van der Waals surface area contributed by atoms with E-state index in [0.717, 1.165) is 11.1 Å². The highest BCUT2D eigenvalue weighted by Crippen LogP contribution is 2.27. The van der Waals surface area contributed by atoms with E-state index in [1.807, 2.05) is 36.4 Å². The third kappa shape index (κ3) is 3.70. The number of aromatic nitrogens is 2. The highest BCUT2D eigenvalue weighted by atomic mass is 35.5. The van der Waals surface area contributed by atoms with Crippen molar-refractivity contribution in [3.8, 4) is 22.9 Å². The fraction of sp³-hybridized carbons (Fsp3) is 0.0909. The maximum atomic E-state index is 12.4. The molecule has 0 spiro atoms. The molecule has 0 aliphatic heterocycles. The highest BCUT2D eigenvalue weighted by molar-refractivity contribution is 6.30. The summed E-state index contributed by atoms with van der Waals surface area (Å²) in [6.45, 7) is 0.302. The molecule has 0 atom stereocenters. The summed E-state index contributed by atoms with van der Waals surface area (Å²) in [4.78, 5) is 19.8. The molecule has 5 nitrogen and oxygen atoms in total. The van der Waals surface area contributed by atoms with Gasteiger partial charge < -0.3 is 14.5 Å². The number of para-hydroxylation sites is 1. The molecule has 6 heteroatoms. The topological polar surface area (TPSA) is 64.2 Å². The van der Waals surface area contributed by atoms with Gasteiger partial charge in [0.05, 0.1) is 18.0 Å². The summed E-state index contributed by atoms with van der Waals surface area (Å²) < 4.78 is 11.3. The minimum absolute atomic E-state index is 0.171. The molecule has 28 heavy (non-hydrogen) atoms. The summed E-state index contributed by atoms with van der Waals surface area (Å²) in [7, 11) is 1.61. The molecule has 0 saturated carbocycles. The van der Waals surface area contributed by atoms with E-state index < -0.39 is 0 Å². The van der Waals surface area contributed by atoms with Gasteiger partial charge in [-0.05, 0) is 54.6 Å². The predicted octanol–water partition coefficient (Wildman–Crippen LogP) is 4.83. The molecule has 140 valence electrons. The molecule has 1 N–H and O–H groups in total. The van der Waals surface area contributed by atoms with Crippen LogP contribution in [0, 0.1) is 0 Å². The Balaban J connectivity index is 1.68. The normalized spacial score (nSPS) is 10.8. The zero-order valence-electron chi connectivity index (χ0n) is 15.1. The number of H-pyrrole nitrogens is 1. The minimum atomic E-state index is -0.171. The number of aromatic amines is 1. The molecule has 0 aliphatic rings. The summed E-state index contributed by atoms with van der Waals surface area (Å²) in [5.41, 5.74) is 2.09. The van der Waals surface area contributed by atoms with Gasteiger partial charge in [-0.2, -0.15) is 0 Å². The number of nitrogens with one attached hydrogen (secondary N) is 1. The molecule has 0 fully saturated rings. The average Bonchev–Trinajstić information content (AvgIpc) is 2.73. The van der Waals surface area contributed by atoms with Crippen molar-refractivity contribution in [1.82, 2.24) is 9.97 Å². The number of hydrogen-bond acceptors (Lipinski definition) is 4. The van der Waals surface area contributed by atoms with Crippen LogP contribution < -0.4 is 15.0 Å². The average molecular weight is 393 g/mol. The lowest BCUT2D eigenvalue weighted by Gasteiger charge is -2.12. The molecule has 1 aromatic heterocycles. The van der Waals surface area contributed by atoms with E-state index in [0.29, 0.717) is 39.9 Å². The lowest BCUT2D eigenvalue weighted by atomic mass is 10.1. The summed E-state index contributed by atoms with van der Waals surface area (Å²) in [5, 5.41) is 1.21. The second kappa shape index (κ2) is 7.74. The van der Waals surface area contributed by atoms with Gasteiger partial charge in [0.2, 0.25) is 0 Å². The first-order chi connectivity index (χ1) is 13.6. The number of halogens is 1. The van der Waals surface area contributed by atoms with E-state index in [1.165, 1.54) is 0 Å². The van der Waals surface area contributed by atoms with Gasteiger partial charge in [0, 0.05) is 16.1 Å². The van der Waals surface area contributed by atoms with Crippen molar-refractivity contribution < 1.29 is 9.47 Å². The molecular formula is C22H17ClN2O3. The summed E-state index contributed by atoms with van der Waals surface area (Å²) in [6.07, 6.45) is 0. The Kier molecular flexibility index (Phi) is 5.00. The Bertz CT molecular complexity index is 1190. The zero-order chi connectivity index (χ0) is 19.5. The molecule has 0 radical (unpaired) electrons. The van der Waals surface area contributed by atoms with Gasteiger partial charge in [-0.1, -0.05) is 23.7 Å². The Morgan fingerprint density at radius 2 is 1.82 bits per heavy atom. The molecular weight excluding hydrogens is 376 g/mol. The van der Waals surface area contributed by atoms with Gasteiger partial charge in [-0.15, -0.1) is 0 Å². The van der Waals surface area contributed by atoms with Crippen LogP contribution in [-0.4, -0.2) is 17.1 Å². The van der Waals surface area contributed by atoms with Crippen LogP contribution >= 0.6 is 11.6 Å². The minimum Gasteiger partial charge on any atom is -0.496 e. The van der Waals surface area contributed by atoms with E-state index in [4.69, 9.17) is 21.1 Å². The van der Waals surface area contributed by atoms with Crippen molar-refractivity contribution in [2.24, 2.45) is 0 Å². The Morgan fingerprint density at radius 3 is 2.61 bits per heavy atom. The fourth-order valence-corrected chi connectivity index (χ4v) is 3.08. The van der Waals surface area contributed by atoms with Crippen LogP contribution in [0.1, 0.15) is 5.56 Å². The maximum absolute atomic E-state index is 12.4. The van der Waals surface area contributed by atoms with Gasteiger partial charge in [-0.3, -0.25) is 4.79 Å². The number of rotatable bonds is 5. The van der Waals surface area contributed by atoms with Crippen molar-refractivity contribution >= 4 is 22.5 Å². The SMILES string of the molecule is COc1ccc(-c2nc3ccccc3c(=O)[nH]2)cc1COc1ccc(Cl)cc1. The van der Waals surface area contributed by atoms with Gasteiger partial charge in [0.15, 0.2) is 0 Å². The number of fused-ring (bicyclic) bond motifs is 1. The molecule has 0 saturated heterocycles. The first-order valence-corrected chi connectivity index (χ1v) is 9.06. The summed E-state index contributed by atoms with van der Waals surface area (Å²) in [5.74, 6) is 1.90. The third-order valence-electron chi connectivity index (χ3n) is 4.37. The second-order valence-electron chi connectivity index (χ2n) is 6.20. The van der Waals surface area contributed by atoms with E-state index >= 15 is 0 Å². The van der Waals surface area contributed by atoms with Crippen LogP contribution in [0.3, 0.4) is 0 Å². The first-order valence-electron chi connectivity index (χ1n) is 8.69. The molecule has 1 heterocycles. The van der Waals surface area contributed by atoms with Crippen LogP contribution in [0.4, 0.5) is 0 Å². The maximum Gasteiger partial charge on any atom is 0.259 e. The van der Waals surface area contributed by atoms with Gasteiger partial charge in [0.1, 0.15) is 23.9 Å². The van der Waals surface area contributed by atoms with Gasteiger partial charge >= 0.3 is 0 Å². The first kappa shape index (κ1) is 18.1. The van der Waals surface area contributed by atoms with Crippen molar-refractivity contribution in [3.05, 3.63) is 87.7 Å². The standard InChI is InChI=1S/C22H17ClN2O3/c1-27-20-11-6-14(12-15(20)13-28-17-9-7-16(23)8-10-17)21-24-19-5-3-2-4-18(19)22(26)25-21/h2-12H,13H2,1H3,(H,24,25,26). The van der Waals surface area contributed by atoms with E-state index in [9.17, 15) is 4.79 Å². The number of benzene rings is 3. The Hall–Kier alpha value is -3.31. The Labute approximate surface area is 166 Å². The second-order valence-corrected chi connectivity index (χ2v) is 6.64. The lowest BCUT2D eigenvalue weighted by Crippen LogP contribution is -2.09. The lowest BCUT2D eigenvalue weighted by molar-refractivity contribution is 0.297. The van der Waals surface area contributed by atoms with E-state index in [1.54, 1.807) is 37.4 Å². The quantitative estimate of drug-likeness (QED) is 0.528. The molecule has 4 rings (SSSR count). The third-order valence-corrected chi connectivity index (χ3v) is 4.63. The van der Waals surface area contributed by atoms with Crippen molar-refractivity contribution in [1.29, 1.82) is 0 Å². The van der Waals surface area contributed by atoms with Crippen LogP contribution in [-0.2, 0) is 6.61 Å². The largest absolute Gasteiger partial charge is 0.496 e.